The number of nitrogens with zero attached hydrogens (tertiary/aromatic N) is 1. The lowest BCUT2D eigenvalue weighted by Gasteiger charge is -1.99. The molecule has 3 nitrogen and oxygen atoms in total. The summed E-state index contributed by atoms with van der Waals surface area (Å²) in [5, 5.41) is 4.40. The Hall–Kier alpha value is -0.490. The van der Waals surface area contributed by atoms with Crippen molar-refractivity contribution in [2.24, 2.45) is 0 Å². The molecule has 0 unspecified atom stereocenters. The van der Waals surface area contributed by atoms with Crippen LogP contribution in [0.15, 0.2) is 22.7 Å². The van der Waals surface area contributed by atoms with Crippen LogP contribution in [0.2, 0.25) is 0 Å². The normalized spacial score (nSPS) is 11.1. The largest absolute Gasteiger partial charge is 0.383 e. The highest BCUT2D eigenvalue weighted by Crippen LogP contribution is 2.24. The zero-order valence-electron chi connectivity index (χ0n) is 9.00. The molecule has 2 rings (SSSR count). The molecule has 0 radical (unpaired) electrons. The fourth-order valence-corrected chi connectivity index (χ4v) is 2.66. The highest BCUT2D eigenvalue weighted by Gasteiger charge is 2.03. The monoisotopic (exact) mass is 300 g/mol. The van der Waals surface area contributed by atoms with Crippen molar-refractivity contribution in [3.05, 3.63) is 27.7 Å². The van der Waals surface area contributed by atoms with Crippen molar-refractivity contribution < 1.29 is 4.74 Å². The van der Waals surface area contributed by atoms with Gasteiger partial charge in [0, 0.05) is 24.7 Å². The van der Waals surface area contributed by atoms with Crippen LogP contribution < -0.4 is 5.32 Å². The van der Waals surface area contributed by atoms with Crippen molar-refractivity contribution in [3.8, 4) is 0 Å². The maximum Gasteiger partial charge on any atom is 0.108 e. The first kappa shape index (κ1) is 12.0. The minimum absolute atomic E-state index is 0.733. The third-order valence-electron chi connectivity index (χ3n) is 2.15. The van der Waals surface area contributed by atoms with Gasteiger partial charge in [0.25, 0.3) is 0 Å². The van der Waals surface area contributed by atoms with Crippen LogP contribution in [0.1, 0.15) is 5.01 Å². The van der Waals surface area contributed by atoms with Gasteiger partial charge in [-0.2, -0.15) is 0 Å². The van der Waals surface area contributed by atoms with E-state index in [1.165, 1.54) is 4.70 Å². The van der Waals surface area contributed by atoms with Gasteiger partial charge in [-0.1, -0.05) is 15.9 Å². The summed E-state index contributed by atoms with van der Waals surface area (Å²) in [5.74, 6) is 0. The Bertz CT molecular complexity index is 472. The van der Waals surface area contributed by atoms with Crippen LogP contribution >= 0.6 is 27.3 Å². The highest BCUT2D eigenvalue weighted by atomic mass is 79.9. The summed E-state index contributed by atoms with van der Waals surface area (Å²) >= 11 is 5.18. The van der Waals surface area contributed by atoms with Crippen LogP contribution in [0.5, 0.6) is 0 Å². The third kappa shape index (κ3) is 3.01. The van der Waals surface area contributed by atoms with Crippen LogP contribution in [-0.4, -0.2) is 25.2 Å². The van der Waals surface area contributed by atoms with Crippen molar-refractivity contribution in [3.63, 3.8) is 0 Å². The van der Waals surface area contributed by atoms with E-state index in [2.05, 4.69) is 32.3 Å². The molecule has 0 atom stereocenters. The average molecular weight is 301 g/mol. The van der Waals surface area contributed by atoms with E-state index in [0.717, 1.165) is 34.7 Å². The number of hydrogen-bond donors (Lipinski definition) is 1. The van der Waals surface area contributed by atoms with E-state index in [4.69, 9.17) is 4.74 Å². The van der Waals surface area contributed by atoms with Crippen molar-refractivity contribution in [1.29, 1.82) is 0 Å². The number of hydrogen-bond acceptors (Lipinski definition) is 4. The molecular weight excluding hydrogens is 288 g/mol. The lowest BCUT2D eigenvalue weighted by Crippen LogP contribution is -2.18. The molecule has 0 saturated heterocycles. The highest BCUT2D eigenvalue weighted by molar-refractivity contribution is 9.10. The quantitative estimate of drug-likeness (QED) is 0.862. The zero-order valence-corrected chi connectivity index (χ0v) is 11.4. The Balaban J connectivity index is 2.02. The first-order valence-corrected chi connectivity index (χ1v) is 6.65. The number of benzene rings is 1. The molecule has 0 fully saturated rings. The SMILES string of the molecule is COCCNCc1nc2cc(Br)ccc2s1. The Morgan fingerprint density at radius 2 is 2.38 bits per heavy atom. The van der Waals surface area contributed by atoms with E-state index in [9.17, 15) is 0 Å². The van der Waals surface area contributed by atoms with Gasteiger partial charge >= 0.3 is 0 Å². The summed E-state index contributed by atoms with van der Waals surface area (Å²) in [6.45, 7) is 2.40. The molecular formula is C11H13BrN2OS. The van der Waals surface area contributed by atoms with Crippen LogP contribution in [-0.2, 0) is 11.3 Å². The van der Waals surface area contributed by atoms with E-state index in [-0.39, 0.29) is 0 Å². The Labute approximate surface area is 107 Å². The van der Waals surface area contributed by atoms with Gasteiger partial charge in [-0.25, -0.2) is 4.98 Å². The zero-order chi connectivity index (χ0) is 11.4. The van der Waals surface area contributed by atoms with E-state index >= 15 is 0 Å². The Morgan fingerprint density at radius 1 is 1.50 bits per heavy atom. The van der Waals surface area contributed by atoms with Gasteiger partial charge in [0.15, 0.2) is 0 Å². The Morgan fingerprint density at radius 3 is 3.19 bits per heavy atom. The average Bonchev–Trinajstić information content (AvgIpc) is 2.66. The number of methoxy groups -OCH3 is 1. The van der Waals surface area contributed by atoms with Crippen molar-refractivity contribution >= 4 is 37.5 Å². The summed E-state index contributed by atoms with van der Waals surface area (Å²) in [5.41, 5.74) is 1.06. The lowest BCUT2D eigenvalue weighted by atomic mass is 10.3. The number of rotatable bonds is 5. The maximum absolute atomic E-state index is 4.97. The number of ether oxygens (including phenoxy) is 1. The fraction of sp³-hybridized carbons (Fsp3) is 0.364. The van der Waals surface area contributed by atoms with Gasteiger partial charge in [0.2, 0.25) is 0 Å². The minimum atomic E-state index is 0.733. The predicted molar refractivity (Wildman–Crippen MR) is 70.9 cm³/mol. The second-order valence-corrected chi connectivity index (χ2v) is 5.42. The number of aromatic nitrogens is 1. The molecule has 0 aliphatic heterocycles. The van der Waals surface area contributed by atoms with Crippen LogP contribution in [0.3, 0.4) is 0 Å². The first-order chi connectivity index (χ1) is 7.79. The van der Waals surface area contributed by atoms with Crippen molar-refractivity contribution in [2.45, 2.75) is 6.54 Å². The minimum Gasteiger partial charge on any atom is -0.383 e. The van der Waals surface area contributed by atoms with Gasteiger partial charge in [-0.15, -0.1) is 11.3 Å². The molecule has 0 saturated carbocycles. The predicted octanol–water partition coefficient (Wildman–Crippen LogP) is 2.79. The van der Waals surface area contributed by atoms with Crippen molar-refractivity contribution in [2.75, 3.05) is 20.3 Å². The summed E-state index contributed by atoms with van der Waals surface area (Å²) in [7, 11) is 1.71. The van der Waals surface area contributed by atoms with Crippen LogP contribution in [0, 0.1) is 0 Å². The molecule has 1 N–H and O–H groups in total. The van der Waals surface area contributed by atoms with Gasteiger partial charge in [-0.05, 0) is 18.2 Å². The van der Waals surface area contributed by atoms with Gasteiger partial charge in [0.1, 0.15) is 5.01 Å². The number of nitrogens with one attached hydrogen (secondary N) is 1. The fourth-order valence-electron chi connectivity index (χ4n) is 1.39. The van der Waals surface area contributed by atoms with Crippen LogP contribution in [0.4, 0.5) is 0 Å². The molecule has 2 aromatic rings. The molecule has 0 bridgehead atoms. The molecule has 1 aromatic heterocycles. The van der Waals surface area contributed by atoms with E-state index in [0.29, 0.717) is 0 Å². The molecule has 0 aliphatic carbocycles. The number of fused-ring (bicyclic) bond motifs is 1. The van der Waals surface area contributed by atoms with Crippen LogP contribution in [0.25, 0.3) is 10.2 Å². The molecule has 86 valence electrons. The summed E-state index contributed by atoms with van der Waals surface area (Å²) < 4.78 is 7.27. The van der Waals surface area contributed by atoms with Gasteiger partial charge in [-0.3, -0.25) is 0 Å². The second-order valence-electron chi connectivity index (χ2n) is 3.39. The molecule has 5 heteroatoms. The first-order valence-electron chi connectivity index (χ1n) is 5.04. The van der Waals surface area contributed by atoms with Gasteiger partial charge in [0.05, 0.1) is 16.8 Å². The Kier molecular flexibility index (Phi) is 4.29. The molecule has 1 heterocycles. The van der Waals surface area contributed by atoms with E-state index < -0.39 is 0 Å². The molecule has 0 amide bonds. The summed E-state index contributed by atoms with van der Waals surface area (Å²) in [4.78, 5) is 4.56. The molecule has 1 aromatic carbocycles. The van der Waals surface area contributed by atoms with E-state index in [1.54, 1.807) is 18.4 Å². The van der Waals surface area contributed by atoms with E-state index in [1.807, 2.05) is 12.1 Å². The number of halogens is 1. The molecule has 0 spiro atoms. The topological polar surface area (TPSA) is 34.1 Å². The second kappa shape index (κ2) is 5.72. The summed E-state index contributed by atoms with van der Waals surface area (Å²) in [6, 6.07) is 6.18. The standard InChI is InChI=1S/C11H13BrN2OS/c1-15-5-4-13-7-11-14-9-6-8(12)2-3-10(9)16-11/h2-3,6,13H,4-5,7H2,1H3. The lowest BCUT2D eigenvalue weighted by molar-refractivity contribution is 0.199. The smallest absolute Gasteiger partial charge is 0.108 e. The third-order valence-corrected chi connectivity index (χ3v) is 3.68. The number of thiazole rings is 1. The summed E-state index contributed by atoms with van der Waals surface area (Å²) in [6.07, 6.45) is 0. The van der Waals surface area contributed by atoms with Gasteiger partial charge < -0.3 is 10.1 Å². The molecule has 16 heavy (non-hydrogen) atoms. The molecule has 0 aliphatic rings. The maximum atomic E-state index is 4.97. The van der Waals surface area contributed by atoms with Crippen molar-refractivity contribution in [1.82, 2.24) is 10.3 Å².